The largest absolute Gasteiger partial charge is 0.376 e. The molecule has 0 spiro atoms. The molecule has 3 fully saturated rings. The number of hydrogen-bond donors (Lipinski definition) is 1. The monoisotopic (exact) mass is 323 g/mol. The molecule has 0 bridgehead atoms. The lowest BCUT2D eigenvalue weighted by Gasteiger charge is -2.44. The lowest BCUT2D eigenvalue weighted by molar-refractivity contribution is -0.141. The van der Waals surface area contributed by atoms with Crippen LogP contribution in [0.3, 0.4) is 0 Å². The van der Waals surface area contributed by atoms with E-state index in [1.165, 1.54) is 0 Å². The van der Waals surface area contributed by atoms with Crippen molar-refractivity contribution in [1.29, 1.82) is 0 Å². The Balaban J connectivity index is 1.53. The maximum atomic E-state index is 12.9. The molecule has 2 saturated heterocycles. The zero-order valence-electron chi connectivity index (χ0n) is 14.8. The first kappa shape index (κ1) is 17.2. The lowest BCUT2D eigenvalue weighted by atomic mass is 9.74. The zero-order chi connectivity index (χ0) is 16.4. The van der Waals surface area contributed by atoms with Gasteiger partial charge in [-0.15, -0.1) is 0 Å². The van der Waals surface area contributed by atoms with Crippen LogP contribution in [0.5, 0.6) is 0 Å². The molecule has 23 heavy (non-hydrogen) atoms. The predicted molar refractivity (Wildman–Crippen MR) is 91.1 cm³/mol. The Morgan fingerprint density at radius 2 is 1.91 bits per heavy atom. The fourth-order valence-corrected chi connectivity index (χ4v) is 4.61. The molecule has 0 radical (unpaired) electrons. The maximum absolute atomic E-state index is 12.9. The molecule has 1 saturated carbocycles. The number of nitrogens with two attached hydrogens (primary N) is 1. The molecule has 2 heterocycles. The third-order valence-corrected chi connectivity index (χ3v) is 6.12. The van der Waals surface area contributed by atoms with Gasteiger partial charge in [0.1, 0.15) is 0 Å². The van der Waals surface area contributed by atoms with Crippen LogP contribution in [0.2, 0.25) is 0 Å². The number of morpholine rings is 1. The van der Waals surface area contributed by atoms with Gasteiger partial charge >= 0.3 is 0 Å². The van der Waals surface area contributed by atoms with E-state index in [1.807, 2.05) is 0 Å². The van der Waals surface area contributed by atoms with Gasteiger partial charge in [0.15, 0.2) is 0 Å². The Hall–Kier alpha value is -0.650. The molecule has 132 valence electrons. The lowest BCUT2D eigenvalue weighted by Crippen LogP contribution is -2.56. The van der Waals surface area contributed by atoms with Crippen LogP contribution in [0.4, 0.5) is 0 Å². The Bertz CT molecular complexity index is 418. The summed E-state index contributed by atoms with van der Waals surface area (Å²) < 4.78 is 5.64. The number of ether oxygens (including phenoxy) is 1. The van der Waals surface area contributed by atoms with Crippen LogP contribution in [-0.2, 0) is 9.53 Å². The number of carbonyl (C=O) groups is 1. The first-order valence-electron chi connectivity index (χ1n) is 9.41. The smallest absolute Gasteiger partial charge is 0.227 e. The first-order valence-corrected chi connectivity index (χ1v) is 9.41. The molecular weight excluding hydrogens is 290 g/mol. The van der Waals surface area contributed by atoms with Crippen LogP contribution in [-0.4, -0.2) is 66.2 Å². The third-order valence-electron chi connectivity index (χ3n) is 6.12. The van der Waals surface area contributed by atoms with Gasteiger partial charge in [0.2, 0.25) is 5.91 Å². The van der Waals surface area contributed by atoms with Crippen LogP contribution < -0.4 is 5.73 Å². The van der Waals surface area contributed by atoms with Crippen LogP contribution in [0, 0.1) is 5.92 Å². The average molecular weight is 323 g/mol. The van der Waals surface area contributed by atoms with Crippen LogP contribution >= 0.6 is 0 Å². The van der Waals surface area contributed by atoms with Gasteiger partial charge < -0.3 is 15.4 Å². The standard InChI is InChI=1S/C18H33N3O2/c1-14-13-21(11-12-23-14)15-6-9-20(10-7-15)17(22)16-5-3-4-8-18(16,2)19/h14-16H,3-13,19H2,1-2H3. The van der Waals surface area contributed by atoms with E-state index in [0.29, 0.717) is 18.1 Å². The second-order valence-electron chi connectivity index (χ2n) is 8.04. The van der Waals surface area contributed by atoms with Crippen LogP contribution in [0.25, 0.3) is 0 Å². The number of piperidine rings is 1. The van der Waals surface area contributed by atoms with Gasteiger partial charge in [-0.2, -0.15) is 0 Å². The summed E-state index contributed by atoms with van der Waals surface area (Å²) in [7, 11) is 0. The Kier molecular flexibility index (Phi) is 5.29. The van der Waals surface area contributed by atoms with Crippen molar-refractivity contribution in [2.75, 3.05) is 32.8 Å². The van der Waals surface area contributed by atoms with Crippen molar-refractivity contribution in [3.05, 3.63) is 0 Å². The molecule has 3 rings (SSSR count). The number of carbonyl (C=O) groups excluding carboxylic acids is 1. The van der Waals surface area contributed by atoms with E-state index < -0.39 is 0 Å². The normalized spacial score (nSPS) is 37.8. The Morgan fingerprint density at radius 1 is 1.17 bits per heavy atom. The molecule has 0 aromatic carbocycles. The molecule has 3 aliphatic rings. The van der Waals surface area contributed by atoms with Crippen LogP contribution in [0.1, 0.15) is 52.4 Å². The number of likely N-dealkylation sites (tertiary alicyclic amines) is 1. The van der Waals surface area contributed by atoms with E-state index in [1.54, 1.807) is 0 Å². The van der Waals surface area contributed by atoms with Crippen molar-refractivity contribution < 1.29 is 9.53 Å². The second kappa shape index (κ2) is 7.08. The highest BCUT2D eigenvalue weighted by Gasteiger charge is 2.40. The van der Waals surface area contributed by atoms with Crippen LogP contribution in [0.15, 0.2) is 0 Å². The van der Waals surface area contributed by atoms with E-state index in [9.17, 15) is 4.79 Å². The van der Waals surface area contributed by atoms with Gasteiger partial charge in [0.05, 0.1) is 18.6 Å². The summed E-state index contributed by atoms with van der Waals surface area (Å²) in [6.45, 7) is 8.90. The highest BCUT2D eigenvalue weighted by Crippen LogP contribution is 2.33. The van der Waals surface area contributed by atoms with E-state index in [4.69, 9.17) is 10.5 Å². The highest BCUT2D eigenvalue weighted by atomic mass is 16.5. The van der Waals surface area contributed by atoms with Gasteiger partial charge in [-0.05, 0) is 39.5 Å². The van der Waals surface area contributed by atoms with Crippen molar-refractivity contribution >= 4 is 5.91 Å². The molecule has 1 aliphatic carbocycles. The summed E-state index contributed by atoms with van der Waals surface area (Å²) in [6.07, 6.45) is 6.76. The minimum atomic E-state index is -0.314. The summed E-state index contributed by atoms with van der Waals surface area (Å²) in [6, 6.07) is 0.612. The molecule has 5 nitrogen and oxygen atoms in total. The molecule has 3 atom stereocenters. The minimum absolute atomic E-state index is 0.0243. The van der Waals surface area contributed by atoms with E-state index in [2.05, 4.69) is 23.6 Å². The van der Waals surface area contributed by atoms with Gasteiger partial charge in [0, 0.05) is 37.8 Å². The molecule has 5 heteroatoms. The average Bonchev–Trinajstić information content (AvgIpc) is 2.54. The van der Waals surface area contributed by atoms with Crippen molar-refractivity contribution in [3.63, 3.8) is 0 Å². The quantitative estimate of drug-likeness (QED) is 0.839. The molecule has 2 aliphatic heterocycles. The zero-order valence-corrected chi connectivity index (χ0v) is 14.8. The van der Waals surface area contributed by atoms with Gasteiger partial charge in [-0.1, -0.05) is 12.8 Å². The highest BCUT2D eigenvalue weighted by molar-refractivity contribution is 5.80. The van der Waals surface area contributed by atoms with E-state index >= 15 is 0 Å². The Labute approximate surface area is 140 Å². The molecule has 0 aromatic heterocycles. The predicted octanol–water partition coefficient (Wildman–Crippen LogP) is 1.61. The molecule has 2 N–H and O–H groups in total. The molecule has 0 aromatic rings. The summed E-state index contributed by atoms with van der Waals surface area (Å²) >= 11 is 0. The SMILES string of the molecule is CC1CN(C2CCN(C(=O)C3CCCCC3(C)N)CC2)CCO1. The maximum Gasteiger partial charge on any atom is 0.227 e. The fourth-order valence-electron chi connectivity index (χ4n) is 4.61. The summed E-state index contributed by atoms with van der Waals surface area (Å²) in [5.74, 6) is 0.333. The molecular formula is C18H33N3O2. The summed E-state index contributed by atoms with van der Waals surface area (Å²) in [5.41, 5.74) is 6.11. The second-order valence-corrected chi connectivity index (χ2v) is 8.04. The number of rotatable bonds is 2. The fraction of sp³-hybridized carbons (Fsp3) is 0.944. The number of hydrogen-bond acceptors (Lipinski definition) is 4. The van der Waals surface area contributed by atoms with Crippen molar-refractivity contribution in [2.45, 2.75) is 70.1 Å². The summed E-state index contributed by atoms with van der Waals surface area (Å²) in [4.78, 5) is 17.6. The number of nitrogens with zero attached hydrogens (tertiary/aromatic N) is 2. The van der Waals surface area contributed by atoms with Gasteiger partial charge in [-0.25, -0.2) is 0 Å². The van der Waals surface area contributed by atoms with Crippen molar-refractivity contribution in [2.24, 2.45) is 11.7 Å². The topological polar surface area (TPSA) is 58.8 Å². The molecule has 3 unspecified atom stereocenters. The third kappa shape index (κ3) is 3.89. The Morgan fingerprint density at radius 3 is 2.57 bits per heavy atom. The van der Waals surface area contributed by atoms with Crippen molar-refractivity contribution in [3.8, 4) is 0 Å². The first-order chi connectivity index (χ1) is 11.0. The number of amides is 1. The van der Waals surface area contributed by atoms with E-state index in [-0.39, 0.29) is 11.5 Å². The minimum Gasteiger partial charge on any atom is -0.376 e. The van der Waals surface area contributed by atoms with Crippen molar-refractivity contribution in [1.82, 2.24) is 9.80 Å². The van der Waals surface area contributed by atoms with Gasteiger partial charge in [-0.3, -0.25) is 9.69 Å². The van der Waals surface area contributed by atoms with E-state index in [0.717, 1.165) is 71.3 Å². The van der Waals surface area contributed by atoms with Gasteiger partial charge in [0.25, 0.3) is 0 Å². The summed E-state index contributed by atoms with van der Waals surface area (Å²) in [5, 5.41) is 0. The molecule has 1 amide bonds.